The third-order valence-electron chi connectivity index (χ3n) is 3.17. The van der Waals surface area contributed by atoms with Crippen LogP contribution in [0.1, 0.15) is 24.3 Å². The number of ether oxygens (including phenoxy) is 1. The van der Waals surface area contributed by atoms with Crippen LogP contribution in [-0.2, 0) is 0 Å². The summed E-state index contributed by atoms with van der Waals surface area (Å²) in [6.07, 6.45) is 1.74. The van der Waals surface area contributed by atoms with E-state index in [0.717, 1.165) is 25.9 Å². The van der Waals surface area contributed by atoms with Crippen molar-refractivity contribution in [2.45, 2.75) is 18.8 Å². The van der Waals surface area contributed by atoms with Gasteiger partial charge in [0.25, 0.3) is 0 Å². The summed E-state index contributed by atoms with van der Waals surface area (Å²) in [4.78, 5) is 0. The van der Waals surface area contributed by atoms with E-state index < -0.39 is 11.6 Å². The second kappa shape index (κ2) is 5.23. The van der Waals surface area contributed by atoms with E-state index >= 15 is 0 Å². The Morgan fingerprint density at radius 2 is 1.76 bits per heavy atom. The van der Waals surface area contributed by atoms with Gasteiger partial charge in [0.1, 0.15) is 0 Å². The first-order chi connectivity index (χ1) is 8.11. The summed E-state index contributed by atoms with van der Waals surface area (Å²) in [5, 5.41) is 0. The van der Waals surface area contributed by atoms with Crippen LogP contribution in [0.3, 0.4) is 0 Å². The van der Waals surface area contributed by atoms with Gasteiger partial charge in [0.05, 0.1) is 7.11 Å². The number of hydrogen-bond acceptors (Lipinski definition) is 3. The summed E-state index contributed by atoms with van der Waals surface area (Å²) in [5.41, 5.74) is 0.710. The maximum absolute atomic E-state index is 13.6. The van der Waals surface area contributed by atoms with Crippen molar-refractivity contribution in [1.29, 1.82) is 0 Å². The molecule has 0 spiro atoms. The fraction of sp³-hybridized carbons (Fsp3) is 0.500. The molecule has 2 nitrogen and oxygen atoms in total. The Bertz CT molecular complexity index is 382. The van der Waals surface area contributed by atoms with Gasteiger partial charge in [0.15, 0.2) is 17.4 Å². The van der Waals surface area contributed by atoms with E-state index in [2.05, 4.69) is 17.6 Å². The average molecular weight is 259 g/mol. The van der Waals surface area contributed by atoms with E-state index in [0.29, 0.717) is 5.56 Å². The fourth-order valence-electron chi connectivity index (χ4n) is 2.21. The Morgan fingerprint density at radius 1 is 1.24 bits per heavy atom. The lowest BCUT2D eigenvalue weighted by molar-refractivity contribution is 0.341. The normalized spacial score (nSPS) is 18.4. The zero-order valence-corrected chi connectivity index (χ0v) is 10.5. The fourth-order valence-corrected chi connectivity index (χ4v) is 2.44. The van der Waals surface area contributed by atoms with Crippen molar-refractivity contribution in [2.75, 3.05) is 20.2 Å². The van der Waals surface area contributed by atoms with Crippen LogP contribution in [0.5, 0.6) is 5.75 Å². The summed E-state index contributed by atoms with van der Waals surface area (Å²) < 4.78 is 33.7. The summed E-state index contributed by atoms with van der Waals surface area (Å²) in [7, 11) is 1.26. The lowest BCUT2D eigenvalue weighted by Gasteiger charge is -2.28. The Balaban J connectivity index is 2.22. The zero-order valence-electron chi connectivity index (χ0n) is 9.62. The molecule has 5 heteroatoms. The van der Waals surface area contributed by atoms with Gasteiger partial charge >= 0.3 is 0 Å². The first-order valence-corrected chi connectivity index (χ1v) is 5.98. The quantitative estimate of drug-likeness (QED) is 0.820. The molecule has 0 radical (unpaired) electrons. The maximum atomic E-state index is 13.6. The molecule has 1 fully saturated rings. The number of nitrogens with zero attached hydrogens (tertiary/aromatic N) is 1. The number of hydrogen-bond donors (Lipinski definition) is 1. The van der Waals surface area contributed by atoms with Crippen LogP contribution < -0.4 is 4.74 Å². The minimum atomic E-state index is -0.629. The highest BCUT2D eigenvalue weighted by Crippen LogP contribution is 2.32. The maximum Gasteiger partial charge on any atom is 0.190 e. The van der Waals surface area contributed by atoms with Crippen molar-refractivity contribution in [3.63, 3.8) is 0 Å². The molecule has 0 aliphatic carbocycles. The minimum absolute atomic E-state index is 0.202. The van der Waals surface area contributed by atoms with E-state index in [4.69, 9.17) is 0 Å². The van der Waals surface area contributed by atoms with Crippen LogP contribution in [0.2, 0.25) is 0 Å². The van der Waals surface area contributed by atoms with Crippen LogP contribution in [0, 0.1) is 11.6 Å². The third-order valence-corrected chi connectivity index (χ3v) is 3.57. The van der Waals surface area contributed by atoms with Crippen LogP contribution in [-0.4, -0.2) is 24.5 Å². The van der Waals surface area contributed by atoms with E-state index in [9.17, 15) is 8.78 Å². The van der Waals surface area contributed by atoms with Gasteiger partial charge in [0.2, 0.25) is 0 Å². The van der Waals surface area contributed by atoms with Gasteiger partial charge in [0, 0.05) is 13.1 Å². The first kappa shape index (κ1) is 12.6. The molecule has 2 rings (SSSR count). The number of piperidine rings is 1. The molecule has 94 valence electrons. The molecule has 0 amide bonds. The van der Waals surface area contributed by atoms with Crippen LogP contribution in [0.25, 0.3) is 0 Å². The van der Waals surface area contributed by atoms with Crippen LogP contribution >= 0.6 is 12.8 Å². The lowest BCUT2D eigenvalue weighted by atomic mass is 9.90. The van der Waals surface area contributed by atoms with E-state index in [1.807, 2.05) is 4.31 Å². The molecule has 1 aliphatic heterocycles. The number of thiol groups is 1. The highest BCUT2D eigenvalue weighted by atomic mass is 32.1. The Labute approximate surface area is 105 Å². The Kier molecular flexibility index (Phi) is 3.89. The monoisotopic (exact) mass is 259 g/mol. The van der Waals surface area contributed by atoms with Gasteiger partial charge in [-0.1, -0.05) is 12.8 Å². The Hall–Kier alpha value is -0.810. The van der Waals surface area contributed by atoms with Crippen molar-refractivity contribution in [2.24, 2.45) is 0 Å². The summed E-state index contributed by atoms with van der Waals surface area (Å²) in [5.74, 6) is -1.36. The summed E-state index contributed by atoms with van der Waals surface area (Å²) in [6.45, 7) is 1.67. The Morgan fingerprint density at radius 3 is 2.24 bits per heavy atom. The molecule has 1 heterocycles. The van der Waals surface area contributed by atoms with Gasteiger partial charge in [-0.3, -0.25) is 4.31 Å². The van der Waals surface area contributed by atoms with Crippen molar-refractivity contribution in [3.8, 4) is 5.75 Å². The topological polar surface area (TPSA) is 12.5 Å². The van der Waals surface area contributed by atoms with Crippen molar-refractivity contribution < 1.29 is 13.5 Å². The molecule has 1 saturated heterocycles. The molecule has 1 aromatic carbocycles. The van der Waals surface area contributed by atoms with E-state index in [-0.39, 0.29) is 11.7 Å². The van der Waals surface area contributed by atoms with Gasteiger partial charge in [-0.05, 0) is 36.5 Å². The second-order valence-corrected chi connectivity index (χ2v) is 4.81. The predicted molar refractivity (Wildman–Crippen MR) is 65.4 cm³/mol. The summed E-state index contributed by atoms with van der Waals surface area (Å²) >= 11 is 4.25. The first-order valence-electron chi connectivity index (χ1n) is 5.58. The standard InChI is InChI=1S/C12H15F2NOS/c1-16-12-10(13)6-9(7-11(12)14)8-2-4-15(17)5-3-8/h6-8,17H,2-5H2,1H3. The van der Waals surface area contributed by atoms with Crippen LogP contribution in [0.4, 0.5) is 8.78 Å². The molecule has 0 N–H and O–H groups in total. The molecule has 1 aromatic rings. The molecule has 0 unspecified atom stereocenters. The molecule has 0 saturated carbocycles. The molecule has 0 aromatic heterocycles. The van der Waals surface area contributed by atoms with Gasteiger partial charge in [-0.15, -0.1) is 0 Å². The van der Waals surface area contributed by atoms with E-state index in [1.54, 1.807) is 0 Å². The van der Waals surface area contributed by atoms with Crippen molar-refractivity contribution in [1.82, 2.24) is 4.31 Å². The number of methoxy groups -OCH3 is 1. The minimum Gasteiger partial charge on any atom is -0.491 e. The number of halogens is 2. The zero-order chi connectivity index (χ0) is 12.4. The SMILES string of the molecule is COc1c(F)cc(C2CCN(S)CC2)cc1F. The number of rotatable bonds is 2. The smallest absolute Gasteiger partial charge is 0.190 e. The third kappa shape index (κ3) is 2.72. The highest BCUT2D eigenvalue weighted by Gasteiger charge is 2.21. The lowest BCUT2D eigenvalue weighted by Crippen LogP contribution is -2.25. The molecule has 1 aliphatic rings. The molecular formula is C12H15F2NOS. The highest BCUT2D eigenvalue weighted by molar-refractivity contribution is 7.77. The van der Waals surface area contributed by atoms with Gasteiger partial charge < -0.3 is 4.74 Å². The van der Waals surface area contributed by atoms with Crippen molar-refractivity contribution in [3.05, 3.63) is 29.3 Å². The molecule has 17 heavy (non-hydrogen) atoms. The molecular weight excluding hydrogens is 244 g/mol. The van der Waals surface area contributed by atoms with Gasteiger partial charge in [-0.25, -0.2) is 8.78 Å². The van der Waals surface area contributed by atoms with E-state index in [1.165, 1.54) is 19.2 Å². The largest absolute Gasteiger partial charge is 0.491 e. The summed E-state index contributed by atoms with van der Waals surface area (Å²) in [6, 6.07) is 2.75. The molecule has 0 bridgehead atoms. The second-order valence-electron chi connectivity index (χ2n) is 4.25. The molecule has 0 atom stereocenters. The van der Waals surface area contributed by atoms with Crippen LogP contribution in [0.15, 0.2) is 12.1 Å². The van der Waals surface area contributed by atoms with Crippen molar-refractivity contribution >= 4 is 12.8 Å². The number of benzene rings is 1. The van der Waals surface area contributed by atoms with Gasteiger partial charge in [-0.2, -0.15) is 0 Å². The predicted octanol–water partition coefficient (Wildman–Crippen LogP) is 3.00. The average Bonchev–Trinajstić information content (AvgIpc) is 2.29.